The molecule has 13 nitrogen and oxygen atoms in total. The monoisotopic (exact) mass is 496 g/mol. The van der Waals surface area contributed by atoms with Crippen LogP contribution < -0.4 is 16.8 Å². The standard InChI is InChI=1S/C18H20N6O7S2/c1-8(25)31-6-9-7-33-15-18(24(16(19)20)17(21)30,14(29)23(15)12(9)13(27)28)22-11(26)5-10-3-2-4-32-10/h2-4,15H,5-7H2,1H3,(H3,19,20)(H2,21,30)(H,22,26)(H,27,28)/t15-,18?/m1/s1. The molecule has 0 bridgehead atoms. The number of aliphatic carboxylic acids is 1. The molecule has 7 N–H and O–H groups in total. The number of ether oxygens (including phenoxy) is 1. The molecule has 4 amide bonds. The zero-order chi connectivity index (χ0) is 24.5. The van der Waals surface area contributed by atoms with Crippen molar-refractivity contribution in [2.24, 2.45) is 11.5 Å². The van der Waals surface area contributed by atoms with Crippen molar-refractivity contribution in [2.75, 3.05) is 12.4 Å². The van der Waals surface area contributed by atoms with Crippen LogP contribution in [-0.4, -0.2) is 74.0 Å². The summed E-state index contributed by atoms with van der Waals surface area (Å²) in [5.41, 5.74) is 8.41. The van der Waals surface area contributed by atoms with Gasteiger partial charge in [-0.15, -0.1) is 23.1 Å². The highest BCUT2D eigenvalue weighted by Gasteiger charge is 2.70. The van der Waals surface area contributed by atoms with Gasteiger partial charge >= 0.3 is 18.0 Å². The Labute approximate surface area is 195 Å². The lowest BCUT2D eigenvalue weighted by atomic mass is 9.92. The number of carboxylic acid groups (broad SMARTS) is 1. The zero-order valence-corrected chi connectivity index (χ0v) is 18.8. The normalized spacial score (nSPS) is 21.5. The Kier molecular flexibility index (Phi) is 6.64. The second-order valence-corrected chi connectivity index (χ2v) is 9.11. The van der Waals surface area contributed by atoms with E-state index in [1.165, 1.54) is 11.3 Å². The summed E-state index contributed by atoms with van der Waals surface area (Å²) >= 11 is 2.30. The molecule has 1 unspecified atom stereocenters. The van der Waals surface area contributed by atoms with Crippen LogP contribution in [0.1, 0.15) is 11.8 Å². The number of nitrogens with two attached hydrogens (primary N) is 2. The van der Waals surface area contributed by atoms with Crippen molar-refractivity contribution in [1.82, 2.24) is 15.1 Å². The van der Waals surface area contributed by atoms with Crippen molar-refractivity contribution < 1.29 is 33.8 Å². The highest BCUT2D eigenvalue weighted by molar-refractivity contribution is 8.00. The van der Waals surface area contributed by atoms with E-state index < -0.39 is 52.5 Å². The first-order valence-electron chi connectivity index (χ1n) is 9.31. The molecule has 1 aromatic rings. The van der Waals surface area contributed by atoms with Crippen LogP contribution >= 0.6 is 23.1 Å². The van der Waals surface area contributed by atoms with Gasteiger partial charge in [0.2, 0.25) is 11.6 Å². The molecule has 2 aliphatic heterocycles. The number of rotatable bonds is 7. The van der Waals surface area contributed by atoms with Crippen LogP contribution in [0.15, 0.2) is 28.8 Å². The number of hydrogen-bond donors (Lipinski definition) is 5. The molecule has 0 aliphatic carbocycles. The molecule has 15 heteroatoms. The number of carboxylic acids is 1. The molecule has 2 atom stereocenters. The SMILES string of the molecule is CC(=O)OCC1=C(C(=O)O)N2C(=O)C(NC(=O)Cc3cccs3)(N(C(=N)N)C(N)=O)[C@H]2SC1. The molecule has 3 rings (SSSR count). The third-order valence-corrected chi connectivity index (χ3v) is 7.10. The summed E-state index contributed by atoms with van der Waals surface area (Å²) in [5, 5.41) is 20.6. The summed E-state index contributed by atoms with van der Waals surface area (Å²) < 4.78 is 4.89. The van der Waals surface area contributed by atoms with Crippen LogP contribution in [0.25, 0.3) is 0 Å². The second kappa shape index (κ2) is 9.11. The summed E-state index contributed by atoms with van der Waals surface area (Å²) in [6.45, 7) is 0.796. The van der Waals surface area contributed by atoms with Crippen LogP contribution in [-0.2, 0) is 30.3 Å². The fourth-order valence-electron chi connectivity index (χ4n) is 3.59. The van der Waals surface area contributed by atoms with E-state index in [9.17, 15) is 29.1 Å². The second-order valence-electron chi connectivity index (χ2n) is 7.01. The first-order valence-corrected chi connectivity index (χ1v) is 11.2. The largest absolute Gasteiger partial charge is 0.477 e. The molecule has 0 saturated carbocycles. The Bertz CT molecular complexity index is 1060. The summed E-state index contributed by atoms with van der Waals surface area (Å²) in [6, 6.07) is 2.15. The average molecular weight is 497 g/mol. The predicted octanol–water partition coefficient (Wildman–Crippen LogP) is -0.806. The number of primary amides is 1. The number of thioether (sulfide) groups is 1. The molecule has 33 heavy (non-hydrogen) atoms. The van der Waals surface area contributed by atoms with Crippen molar-refractivity contribution in [2.45, 2.75) is 24.4 Å². The molecular formula is C18H20N6O7S2. The molecule has 1 saturated heterocycles. The number of nitrogens with zero attached hydrogens (tertiary/aromatic N) is 2. The number of esters is 1. The van der Waals surface area contributed by atoms with Gasteiger partial charge in [0.15, 0.2) is 5.96 Å². The van der Waals surface area contributed by atoms with Gasteiger partial charge in [-0.05, 0) is 11.4 Å². The van der Waals surface area contributed by atoms with Crippen molar-refractivity contribution in [3.05, 3.63) is 33.7 Å². The van der Waals surface area contributed by atoms with E-state index in [1.807, 2.05) is 0 Å². The molecule has 0 spiro atoms. The molecule has 3 heterocycles. The van der Waals surface area contributed by atoms with Crippen LogP contribution in [0.2, 0.25) is 0 Å². The Morgan fingerprint density at radius 2 is 2.09 bits per heavy atom. The molecule has 0 radical (unpaired) electrons. The van der Waals surface area contributed by atoms with Gasteiger partial charge in [0.05, 0.1) is 6.42 Å². The first kappa shape index (κ1) is 24.1. The fourth-order valence-corrected chi connectivity index (χ4v) is 5.73. The van der Waals surface area contributed by atoms with E-state index in [4.69, 9.17) is 21.6 Å². The number of nitrogens with one attached hydrogen (secondary N) is 2. The minimum Gasteiger partial charge on any atom is -0.477 e. The number of β-lactam (4-membered cyclic amide) rings is 1. The van der Waals surface area contributed by atoms with Crippen molar-refractivity contribution >= 4 is 58.8 Å². The van der Waals surface area contributed by atoms with E-state index >= 15 is 0 Å². The number of fused-ring (bicyclic) bond motifs is 1. The number of amides is 4. The number of urea groups is 1. The van der Waals surface area contributed by atoms with Gasteiger partial charge in [0.25, 0.3) is 5.91 Å². The summed E-state index contributed by atoms with van der Waals surface area (Å²) in [4.78, 5) is 63.4. The van der Waals surface area contributed by atoms with Gasteiger partial charge in [-0.1, -0.05) is 6.07 Å². The molecule has 176 valence electrons. The van der Waals surface area contributed by atoms with Crippen molar-refractivity contribution in [3.8, 4) is 0 Å². The average Bonchev–Trinajstić information content (AvgIpc) is 3.22. The number of carbonyl (C=O) groups is 5. The molecule has 0 aromatic carbocycles. The first-order chi connectivity index (χ1) is 15.5. The van der Waals surface area contributed by atoms with Gasteiger partial charge in [0, 0.05) is 23.1 Å². The number of guanidine groups is 1. The molecule has 1 fully saturated rings. The van der Waals surface area contributed by atoms with E-state index in [2.05, 4.69) is 5.32 Å². The van der Waals surface area contributed by atoms with Crippen LogP contribution in [0.4, 0.5) is 4.79 Å². The lowest BCUT2D eigenvalue weighted by Gasteiger charge is -2.59. The van der Waals surface area contributed by atoms with Gasteiger partial charge in [-0.2, -0.15) is 0 Å². The van der Waals surface area contributed by atoms with Gasteiger partial charge < -0.3 is 26.6 Å². The lowest BCUT2D eigenvalue weighted by Crippen LogP contribution is -2.87. The van der Waals surface area contributed by atoms with Crippen LogP contribution in [0.5, 0.6) is 0 Å². The molecular weight excluding hydrogens is 476 g/mol. The Morgan fingerprint density at radius 3 is 2.61 bits per heavy atom. The van der Waals surface area contributed by atoms with Gasteiger partial charge in [-0.3, -0.25) is 24.7 Å². The summed E-state index contributed by atoms with van der Waals surface area (Å²) in [6.07, 6.45) is -0.131. The minimum atomic E-state index is -2.20. The topological polar surface area (TPSA) is 209 Å². The van der Waals surface area contributed by atoms with Crippen LogP contribution in [0, 0.1) is 5.41 Å². The third-order valence-electron chi connectivity index (χ3n) is 4.84. The Hall–Kier alpha value is -3.59. The van der Waals surface area contributed by atoms with Crippen molar-refractivity contribution in [1.29, 1.82) is 5.41 Å². The fraction of sp³-hybridized carbons (Fsp3) is 0.333. The van der Waals surface area contributed by atoms with Crippen LogP contribution in [0.3, 0.4) is 0 Å². The molecule has 1 aromatic heterocycles. The van der Waals surface area contributed by atoms with E-state index in [-0.39, 0.29) is 24.4 Å². The zero-order valence-electron chi connectivity index (χ0n) is 17.2. The minimum absolute atomic E-state index is 0.00356. The number of hydrogen-bond acceptors (Lipinski definition) is 9. The smallest absolute Gasteiger partial charge is 0.352 e. The van der Waals surface area contributed by atoms with Crippen molar-refractivity contribution in [3.63, 3.8) is 0 Å². The van der Waals surface area contributed by atoms with E-state index in [0.717, 1.165) is 23.6 Å². The molecule has 2 aliphatic rings. The van der Waals surface area contributed by atoms with Gasteiger partial charge in [-0.25, -0.2) is 14.5 Å². The number of thiophene rings is 1. The predicted molar refractivity (Wildman–Crippen MR) is 117 cm³/mol. The van der Waals surface area contributed by atoms with Gasteiger partial charge in [0.1, 0.15) is 17.7 Å². The third kappa shape index (κ3) is 4.23. The summed E-state index contributed by atoms with van der Waals surface area (Å²) in [5.74, 6) is -4.70. The highest BCUT2D eigenvalue weighted by atomic mass is 32.2. The maximum absolute atomic E-state index is 13.4. The van der Waals surface area contributed by atoms with E-state index in [1.54, 1.807) is 17.5 Å². The summed E-state index contributed by atoms with van der Waals surface area (Å²) in [7, 11) is 0. The Balaban J connectivity index is 2.02. The lowest BCUT2D eigenvalue weighted by molar-refractivity contribution is -0.167. The maximum Gasteiger partial charge on any atom is 0.352 e. The number of carbonyl (C=O) groups excluding carboxylic acids is 4. The quantitative estimate of drug-likeness (QED) is 0.105. The van der Waals surface area contributed by atoms with E-state index in [0.29, 0.717) is 9.78 Å². The Morgan fingerprint density at radius 1 is 1.39 bits per heavy atom. The maximum atomic E-state index is 13.4. The highest BCUT2D eigenvalue weighted by Crippen LogP contribution is 2.47.